The van der Waals surface area contributed by atoms with Crippen molar-refractivity contribution in [2.45, 2.75) is 46.1 Å². The molecular formula is C16H23BrN2O2S. The fourth-order valence-electron chi connectivity index (χ4n) is 1.67. The molecule has 1 rings (SSSR count). The van der Waals surface area contributed by atoms with Gasteiger partial charge in [0.05, 0.1) is 12.2 Å². The highest BCUT2D eigenvalue weighted by atomic mass is 79.9. The van der Waals surface area contributed by atoms with Crippen molar-refractivity contribution in [3.63, 3.8) is 0 Å². The minimum Gasteiger partial charge on any atom is -0.493 e. The summed E-state index contributed by atoms with van der Waals surface area (Å²) in [6.45, 7) is 8.61. The first-order chi connectivity index (χ1) is 10.2. The number of hydrogen-bond acceptors (Lipinski definition) is 3. The average molecular weight is 387 g/mol. The molecule has 4 nitrogen and oxygen atoms in total. The van der Waals surface area contributed by atoms with Crippen LogP contribution in [0.15, 0.2) is 22.7 Å². The summed E-state index contributed by atoms with van der Waals surface area (Å²) in [5.74, 6) is 0.280. The number of unbranched alkanes of at least 4 members (excludes halogenated alkanes) is 1. The Bertz CT molecular complexity index is 541. The van der Waals surface area contributed by atoms with E-state index in [1.165, 1.54) is 0 Å². The van der Waals surface area contributed by atoms with Crippen LogP contribution >= 0.6 is 28.1 Å². The van der Waals surface area contributed by atoms with Gasteiger partial charge in [0.25, 0.3) is 5.91 Å². The SMILES string of the molecule is CCCCOc1ccc(Br)cc1C(=O)NC(=S)NC(C)(C)C. The standard InChI is InChI=1S/C16H23BrN2O2S/c1-5-6-9-21-13-8-7-11(17)10-12(13)14(20)18-15(22)19-16(2,3)4/h7-8,10H,5-6,9H2,1-4H3,(H2,18,19,20,22). The summed E-state index contributed by atoms with van der Waals surface area (Å²) in [6.07, 6.45) is 1.98. The molecule has 0 unspecified atom stereocenters. The van der Waals surface area contributed by atoms with Crippen LogP contribution in [0.3, 0.4) is 0 Å². The number of ether oxygens (including phenoxy) is 1. The number of carbonyl (C=O) groups excluding carboxylic acids is 1. The highest BCUT2D eigenvalue weighted by Crippen LogP contribution is 2.23. The lowest BCUT2D eigenvalue weighted by Gasteiger charge is -2.22. The van der Waals surface area contributed by atoms with Gasteiger partial charge in [-0.3, -0.25) is 10.1 Å². The van der Waals surface area contributed by atoms with E-state index < -0.39 is 0 Å². The summed E-state index contributed by atoms with van der Waals surface area (Å²) < 4.78 is 6.51. The molecule has 22 heavy (non-hydrogen) atoms. The molecule has 0 aromatic heterocycles. The van der Waals surface area contributed by atoms with Gasteiger partial charge in [-0.25, -0.2) is 0 Å². The molecule has 1 amide bonds. The molecule has 0 fully saturated rings. The van der Waals surface area contributed by atoms with Crippen molar-refractivity contribution in [3.05, 3.63) is 28.2 Å². The number of rotatable bonds is 5. The predicted molar refractivity (Wildman–Crippen MR) is 97.5 cm³/mol. The first-order valence-electron chi connectivity index (χ1n) is 7.29. The number of nitrogens with one attached hydrogen (secondary N) is 2. The average Bonchev–Trinajstić information content (AvgIpc) is 2.38. The van der Waals surface area contributed by atoms with E-state index >= 15 is 0 Å². The number of halogens is 1. The van der Waals surface area contributed by atoms with E-state index in [1.54, 1.807) is 12.1 Å². The molecule has 1 aromatic carbocycles. The molecule has 2 N–H and O–H groups in total. The van der Waals surface area contributed by atoms with Gasteiger partial charge in [0.1, 0.15) is 5.75 Å². The van der Waals surface area contributed by atoms with E-state index in [9.17, 15) is 4.79 Å². The molecule has 0 bridgehead atoms. The normalized spacial score (nSPS) is 11.0. The highest BCUT2D eigenvalue weighted by Gasteiger charge is 2.17. The molecular weight excluding hydrogens is 364 g/mol. The van der Waals surface area contributed by atoms with Crippen molar-refractivity contribution in [2.75, 3.05) is 6.61 Å². The summed E-state index contributed by atoms with van der Waals surface area (Å²) in [4.78, 5) is 12.4. The quantitative estimate of drug-likeness (QED) is 0.592. The van der Waals surface area contributed by atoms with E-state index in [4.69, 9.17) is 17.0 Å². The van der Waals surface area contributed by atoms with Gasteiger partial charge in [-0.2, -0.15) is 0 Å². The van der Waals surface area contributed by atoms with Crippen LogP contribution in [-0.2, 0) is 0 Å². The van der Waals surface area contributed by atoms with Crippen LogP contribution in [0.2, 0.25) is 0 Å². The van der Waals surface area contributed by atoms with Gasteiger partial charge in [-0.05, 0) is 57.6 Å². The minimum absolute atomic E-state index is 0.206. The largest absolute Gasteiger partial charge is 0.493 e. The Hall–Kier alpha value is -1.14. The van der Waals surface area contributed by atoms with E-state index in [1.807, 2.05) is 26.8 Å². The van der Waals surface area contributed by atoms with E-state index in [-0.39, 0.29) is 11.4 Å². The molecule has 6 heteroatoms. The van der Waals surface area contributed by atoms with Crippen molar-refractivity contribution in [1.82, 2.24) is 10.6 Å². The lowest BCUT2D eigenvalue weighted by molar-refractivity contribution is 0.0972. The van der Waals surface area contributed by atoms with Gasteiger partial charge in [-0.1, -0.05) is 29.3 Å². The lowest BCUT2D eigenvalue weighted by Crippen LogP contribution is -2.48. The van der Waals surface area contributed by atoms with Crippen molar-refractivity contribution in [2.24, 2.45) is 0 Å². The molecule has 0 radical (unpaired) electrons. The van der Waals surface area contributed by atoms with Crippen LogP contribution in [0.1, 0.15) is 50.9 Å². The van der Waals surface area contributed by atoms with Gasteiger partial charge in [-0.15, -0.1) is 0 Å². The minimum atomic E-state index is -0.283. The van der Waals surface area contributed by atoms with Crippen LogP contribution in [-0.4, -0.2) is 23.2 Å². The van der Waals surface area contributed by atoms with Crippen molar-refractivity contribution >= 4 is 39.2 Å². The maximum absolute atomic E-state index is 12.4. The second-order valence-electron chi connectivity index (χ2n) is 6.00. The first kappa shape index (κ1) is 18.9. The second kappa shape index (κ2) is 8.48. The molecule has 0 aliphatic heterocycles. The fraction of sp³-hybridized carbons (Fsp3) is 0.500. The third kappa shape index (κ3) is 6.75. The molecule has 122 valence electrons. The topological polar surface area (TPSA) is 50.4 Å². The maximum Gasteiger partial charge on any atom is 0.261 e. The van der Waals surface area contributed by atoms with Gasteiger partial charge in [0.15, 0.2) is 5.11 Å². The Morgan fingerprint density at radius 1 is 1.36 bits per heavy atom. The molecule has 1 aromatic rings. The monoisotopic (exact) mass is 386 g/mol. The number of amides is 1. The highest BCUT2D eigenvalue weighted by molar-refractivity contribution is 9.10. The molecule has 0 aliphatic carbocycles. The van der Waals surface area contributed by atoms with Crippen LogP contribution < -0.4 is 15.4 Å². The Morgan fingerprint density at radius 2 is 2.05 bits per heavy atom. The van der Waals surface area contributed by atoms with Crippen LogP contribution in [0.5, 0.6) is 5.75 Å². The summed E-state index contributed by atoms with van der Waals surface area (Å²) in [5, 5.41) is 6.05. The number of thiocarbonyl (C=S) groups is 1. The lowest BCUT2D eigenvalue weighted by atomic mass is 10.1. The number of carbonyl (C=O) groups is 1. The molecule has 0 aliphatic rings. The van der Waals surface area contributed by atoms with Gasteiger partial charge in [0.2, 0.25) is 0 Å². The van der Waals surface area contributed by atoms with Crippen molar-refractivity contribution in [1.29, 1.82) is 0 Å². The molecule has 0 atom stereocenters. The van der Waals surface area contributed by atoms with E-state index in [2.05, 4.69) is 33.5 Å². The smallest absolute Gasteiger partial charge is 0.261 e. The third-order valence-electron chi connectivity index (χ3n) is 2.66. The fourth-order valence-corrected chi connectivity index (χ4v) is 2.43. The summed E-state index contributed by atoms with van der Waals surface area (Å²) in [7, 11) is 0. The van der Waals surface area contributed by atoms with Crippen molar-refractivity contribution in [3.8, 4) is 5.75 Å². The Labute approximate surface area is 146 Å². The zero-order valence-electron chi connectivity index (χ0n) is 13.5. The third-order valence-corrected chi connectivity index (χ3v) is 3.35. The second-order valence-corrected chi connectivity index (χ2v) is 7.32. The van der Waals surface area contributed by atoms with Gasteiger partial charge in [0, 0.05) is 10.0 Å². The maximum atomic E-state index is 12.4. The molecule has 0 heterocycles. The van der Waals surface area contributed by atoms with Gasteiger partial charge < -0.3 is 10.1 Å². The van der Waals surface area contributed by atoms with Crippen LogP contribution in [0.4, 0.5) is 0 Å². The van der Waals surface area contributed by atoms with Gasteiger partial charge >= 0.3 is 0 Å². The molecule has 0 spiro atoms. The summed E-state index contributed by atoms with van der Waals surface area (Å²) >= 11 is 8.54. The molecule has 0 saturated heterocycles. The Balaban J connectivity index is 2.82. The zero-order chi connectivity index (χ0) is 16.8. The molecule has 0 saturated carbocycles. The zero-order valence-corrected chi connectivity index (χ0v) is 15.9. The summed E-state index contributed by atoms with van der Waals surface area (Å²) in [6, 6.07) is 5.37. The Morgan fingerprint density at radius 3 is 2.64 bits per heavy atom. The van der Waals surface area contributed by atoms with Crippen molar-refractivity contribution < 1.29 is 9.53 Å². The first-order valence-corrected chi connectivity index (χ1v) is 8.49. The summed E-state index contributed by atoms with van der Waals surface area (Å²) in [5.41, 5.74) is 0.255. The predicted octanol–water partition coefficient (Wildman–Crippen LogP) is 4.03. The Kier molecular flexibility index (Phi) is 7.29. The number of hydrogen-bond donors (Lipinski definition) is 2. The van der Waals surface area contributed by atoms with Crippen LogP contribution in [0, 0.1) is 0 Å². The van der Waals surface area contributed by atoms with E-state index in [0.29, 0.717) is 23.0 Å². The van der Waals surface area contributed by atoms with Crippen LogP contribution in [0.25, 0.3) is 0 Å². The van der Waals surface area contributed by atoms with E-state index in [0.717, 1.165) is 17.3 Å². The number of benzene rings is 1.